The van der Waals surface area contributed by atoms with Crippen LogP contribution in [0.4, 0.5) is 0 Å². The lowest BCUT2D eigenvalue weighted by molar-refractivity contribution is -0.126. The van der Waals surface area contributed by atoms with Gasteiger partial charge in [-0.2, -0.15) is 0 Å². The van der Waals surface area contributed by atoms with Crippen LogP contribution in [0.15, 0.2) is 15.9 Å². The van der Waals surface area contributed by atoms with Crippen molar-refractivity contribution in [3.63, 3.8) is 0 Å². The SMILES string of the molecule is O=C(Cc1ccc(Br)s1)NC12CC3CC(CC(C3)C1)C2. The summed E-state index contributed by atoms with van der Waals surface area (Å²) in [5, 5.41) is 3.43. The third-order valence-electron chi connectivity index (χ3n) is 5.41. The molecule has 0 atom stereocenters. The molecule has 0 spiro atoms. The van der Waals surface area contributed by atoms with E-state index in [1.54, 1.807) is 11.3 Å². The molecule has 5 rings (SSSR count). The summed E-state index contributed by atoms with van der Waals surface area (Å²) in [4.78, 5) is 13.5. The summed E-state index contributed by atoms with van der Waals surface area (Å²) in [7, 11) is 0. The van der Waals surface area contributed by atoms with Crippen molar-refractivity contribution >= 4 is 33.2 Å². The Balaban J connectivity index is 1.44. The van der Waals surface area contributed by atoms with E-state index in [1.165, 1.54) is 38.5 Å². The van der Waals surface area contributed by atoms with Crippen LogP contribution in [0.5, 0.6) is 0 Å². The standard InChI is InChI=1S/C16H20BrNOS/c17-14-2-1-13(20-14)6-15(19)18-16-7-10-3-11(8-16)5-12(4-10)9-16/h1-2,10-12H,3-9H2,(H,18,19). The van der Waals surface area contributed by atoms with Gasteiger partial charge in [0.2, 0.25) is 5.91 Å². The lowest BCUT2D eigenvalue weighted by Crippen LogP contribution is -2.60. The minimum absolute atomic E-state index is 0.153. The molecule has 1 heterocycles. The molecular weight excluding hydrogens is 334 g/mol. The zero-order valence-electron chi connectivity index (χ0n) is 11.5. The van der Waals surface area contributed by atoms with E-state index < -0.39 is 0 Å². The molecule has 0 saturated heterocycles. The quantitative estimate of drug-likeness (QED) is 0.869. The van der Waals surface area contributed by atoms with Crippen molar-refractivity contribution in [3.05, 3.63) is 20.8 Å². The highest BCUT2D eigenvalue weighted by Crippen LogP contribution is 2.55. The van der Waals surface area contributed by atoms with Crippen LogP contribution in [0, 0.1) is 17.8 Å². The van der Waals surface area contributed by atoms with Gasteiger partial charge in [0.05, 0.1) is 10.2 Å². The fourth-order valence-electron chi connectivity index (χ4n) is 5.21. The maximum Gasteiger partial charge on any atom is 0.225 e. The first kappa shape index (κ1) is 13.3. The highest BCUT2D eigenvalue weighted by atomic mass is 79.9. The van der Waals surface area contributed by atoms with E-state index in [0.717, 1.165) is 26.4 Å². The van der Waals surface area contributed by atoms with Crippen LogP contribution in [0.1, 0.15) is 43.4 Å². The van der Waals surface area contributed by atoms with E-state index in [1.807, 2.05) is 12.1 Å². The Bertz CT molecular complexity index is 503. The van der Waals surface area contributed by atoms with Gasteiger partial charge in [0.25, 0.3) is 0 Å². The van der Waals surface area contributed by atoms with Crippen molar-refractivity contribution < 1.29 is 4.79 Å². The van der Waals surface area contributed by atoms with Crippen molar-refractivity contribution in [1.82, 2.24) is 5.32 Å². The summed E-state index contributed by atoms with van der Waals surface area (Å²) in [6, 6.07) is 4.08. The van der Waals surface area contributed by atoms with Crippen LogP contribution in [-0.2, 0) is 11.2 Å². The van der Waals surface area contributed by atoms with Gasteiger partial charge in [0.15, 0.2) is 0 Å². The predicted molar refractivity (Wildman–Crippen MR) is 84.8 cm³/mol. The van der Waals surface area contributed by atoms with E-state index in [-0.39, 0.29) is 11.4 Å². The van der Waals surface area contributed by atoms with Crippen molar-refractivity contribution in [2.45, 2.75) is 50.5 Å². The molecule has 0 aliphatic heterocycles. The first-order valence-electron chi connectivity index (χ1n) is 7.65. The average Bonchev–Trinajstić information content (AvgIpc) is 2.71. The lowest BCUT2D eigenvalue weighted by atomic mass is 9.53. The Morgan fingerprint density at radius 3 is 2.30 bits per heavy atom. The Morgan fingerprint density at radius 2 is 1.80 bits per heavy atom. The molecule has 0 aromatic carbocycles. The molecule has 4 aliphatic rings. The number of hydrogen-bond acceptors (Lipinski definition) is 2. The predicted octanol–water partition coefficient (Wildman–Crippen LogP) is 4.14. The second kappa shape index (κ2) is 4.84. The van der Waals surface area contributed by atoms with E-state index in [2.05, 4.69) is 21.2 Å². The van der Waals surface area contributed by atoms with Gasteiger partial charge in [0.1, 0.15) is 0 Å². The van der Waals surface area contributed by atoms with Gasteiger partial charge in [-0.3, -0.25) is 4.79 Å². The topological polar surface area (TPSA) is 29.1 Å². The molecular formula is C16H20BrNOS. The molecule has 1 N–H and O–H groups in total. The number of rotatable bonds is 3. The van der Waals surface area contributed by atoms with Crippen LogP contribution in [-0.4, -0.2) is 11.4 Å². The number of hydrogen-bond donors (Lipinski definition) is 1. The Labute approximate surface area is 132 Å². The first-order valence-corrected chi connectivity index (χ1v) is 9.26. The normalized spacial score (nSPS) is 38.1. The van der Waals surface area contributed by atoms with Crippen LogP contribution >= 0.6 is 27.3 Å². The monoisotopic (exact) mass is 353 g/mol. The number of halogens is 1. The molecule has 1 aromatic heterocycles. The number of carbonyl (C=O) groups excluding carboxylic acids is 1. The Morgan fingerprint density at radius 1 is 1.20 bits per heavy atom. The number of amides is 1. The van der Waals surface area contributed by atoms with Gasteiger partial charge < -0.3 is 5.32 Å². The fraction of sp³-hybridized carbons (Fsp3) is 0.688. The van der Waals surface area contributed by atoms with Gasteiger partial charge in [-0.1, -0.05) is 0 Å². The molecule has 4 saturated carbocycles. The Kier molecular flexibility index (Phi) is 3.22. The van der Waals surface area contributed by atoms with Gasteiger partial charge in [-0.05, 0) is 84.3 Å². The summed E-state index contributed by atoms with van der Waals surface area (Å²) in [6.45, 7) is 0. The van der Waals surface area contributed by atoms with Crippen LogP contribution in [0.3, 0.4) is 0 Å². The number of nitrogens with one attached hydrogen (secondary N) is 1. The van der Waals surface area contributed by atoms with E-state index >= 15 is 0 Å². The van der Waals surface area contributed by atoms with Crippen molar-refractivity contribution in [2.24, 2.45) is 17.8 Å². The smallest absolute Gasteiger partial charge is 0.225 e. The second-order valence-corrected chi connectivity index (χ2v) is 9.68. The minimum Gasteiger partial charge on any atom is -0.350 e. The van der Waals surface area contributed by atoms with Gasteiger partial charge in [0, 0.05) is 10.4 Å². The maximum absolute atomic E-state index is 12.4. The summed E-state index contributed by atoms with van der Waals surface area (Å²) >= 11 is 5.13. The van der Waals surface area contributed by atoms with Crippen molar-refractivity contribution in [1.29, 1.82) is 0 Å². The number of carbonyl (C=O) groups is 1. The molecule has 0 unspecified atom stereocenters. The third kappa shape index (κ3) is 2.45. The van der Waals surface area contributed by atoms with Gasteiger partial charge >= 0.3 is 0 Å². The minimum atomic E-state index is 0.153. The molecule has 1 amide bonds. The second-order valence-electron chi connectivity index (χ2n) is 7.13. The lowest BCUT2D eigenvalue weighted by Gasteiger charge is -2.56. The molecule has 4 bridgehead atoms. The maximum atomic E-state index is 12.4. The van der Waals surface area contributed by atoms with Gasteiger partial charge in [-0.25, -0.2) is 0 Å². The van der Waals surface area contributed by atoms with E-state index in [9.17, 15) is 4.79 Å². The van der Waals surface area contributed by atoms with Crippen molar-refractivity contribution in [2.75, 3.05) is 0 Å². The zero-order chi connectivity index (χ0) is 13.7. The first-order chi connectivity index (χ1) is 9.60. The van der Waals surface area contributed by atoms with Crippen molar-refractivity contribution in [3.8, 4) is 0 Å². The molecule has 2 nitrogen and oxygen atoms in total. The van der Waals surface area contributed by atoms with Gasteiger partial charge in [-0.15, -0.1) is 11.3 Å². The summed E-state index contributed by atoms with van der Waals surface area (Å²) < 4.78 is 1.11. The largest absolute Gasteiger partial charge is 0.350 e. The molecule has 4 aliphatic carbocycles. The third-order valence-corrected chi connectivity index (χ3v) is 7.03. The van der Waals surface area contributed by atoms with Crippen LogP contribution in [0.25, 0.3) is 0 Å². The average molecular weight is 354 g/mol. The van der Waals surface area contributed by atoms with Crippen LogP contribution < -0.4 is 5.32 Å². The molecule has 108 valence electrons. The highest BCUT2D eigenvalue weighted by Gasteiger charge is 2.51. The molecule has 1 aromatic rings. The summed E-state index contributed by atoms with van der Waals surface area (Å²) in [5.74, 6) is 2.88. The summed E-state index contributed by atoms with van der Waals surface area (Å²) in [5.41, 5.74) is 0.153. The molecule has 20 heavy (non-hydrogen) atoms. The fourth-order valence-corrected chi connectivity index (χ4v) is 6.69. The molecule has 4 fully saturated rings. The summed E-state index contributed by atoms with van der Waals surface area (Å²) in [6.07, 6.45) is 8.52. The van der Waals surface area contributed by atoms with E-state index in [4.69, 9.17) is 0 Å². The van der Waals surface area contributed by atoms with E-state index in [0.29, 0.717) is 6.42 Å². The van der Waals surface area contributed by atoms with Crippen LogP contribution in [0.2, 0.25) is 0 Å². The highest BCUT2D eigenvalue weighted by molar-refractivity contribution is 9.11. The Hall–Kier alpha value is -0.350. The molecule has 0 radical (unpaired) electrons. The zero-order valence-corrected chi connectivity index (χ0v) is 13.9. The number of thiophene rings is 1. The molecule has 4 heteroatoms.